The molecule has 34 heavy (non-hydrogen) atoms. The van der Waals surface area contributed by atoms with Crippen LogP contribution in [0.2, 0.25) is 0 Å². The second-order valence-electron chi connectivity index (χ2n) is 8.81. The molecule has 2 N–H and O–H groups in total. The molecule has 0 aliphatic carbocycles. The number of piperidine rings is 1. The fraction of sp³-hybridized carbons (Fsp3) is 0.542. The van der Waals surface area contributed by atoms with Crippen molar-refractivity contribution in [3.63, 3.8) is 0 Å². The molecule has 2 saturated heterocycles. The SMILES string of the molecule is C=CC(C)C(C)NC(=O)[C@H](O)[C@H]1OCCN(c2ccc(C(=O)N3CCC(F)(F)CC3)cc2)C1=O. The highest BCUT2D eigenvalue weighted by Crippen LogP contribution is 2.29. The maximum absolute atomic E-state index is 13.4. The molecule has 0 saturated carbocycles. The highest BCUT2D eigenvalue weighted by atomic mass is 19.3. The van der Waals surface area contributed by atoms with E-state index in [0.29, 0.717) is 11.3 Å². The fourth-order valence-corrected chi connectivity index (χ4v) is 3.87. The van der Waals surface area contributed by atoms with Gasteiger partial charge >= 0.3 is 0 Å². The molecule has 2 aliphatic heterocycles. The zero-order valence-corrected chi connectivity index (χ0v) is 19.4. The van der Waals surface area contributed by atoms with Crippen molar-refractivity contribution >= 4 is 23.4 Å². The van der Waals surface area contributed by atoms with E-state index in [4.69, 9.17) is 4.74 Å². The van der Waals surface area contributed by atoms with Gasteiger partial charge in [0.2, 0.25) is 0 Å². The summed E-state index contributed by atoms with van der Waals surface area (Å²) in [6, 6.07) is 5.93. The number of nitrogens with one attached hydrogen (secondary N) is 1. The number of benzene rings is 1. The first-order valence-electron chi connectivity index (χ1n) is 11.3. The smallest absolute Gasteiger partial charge is 0.259 e. The molecule has 186 valence electrons. The summed E-state index contributed by atoms with van der Waals surface area (Å²) in [4.78, 5) is 40.8. The molecule has 0 bridgehead atoms. The molecule has 2 fully saturated rings. The van der Waals surface area contributed by atoms with Gasteiger partial charge < -0.3 is 25.0 Å². The van der Waals surface area contributed by atoms with Crippen LogP contribution in [0.1, 0.15) is 37.0 Å². The molecular weight excluding hydrogens is 448 g/mol. The molecule has 2 heterocycles. The number of anilines is 1. The zero-order chi connectivity index (χ0) is 25.0. The number of rotatable bonds is 7. The van der Waals surface area contributed by atoms with Crippen LogP contribution in [-0.2, 0) is 14.3 Å². The summed E-state index contributed by atoms with van der Waals surface area (Å²) >= 11 is 0. The number of amides is 3. The molecular formula is C24H31F2N3O5. The first kappa shape index (κ1) is 25.8. The van der Waals surface area contributed by atoms with Gasteiger partial charge in [-0.25, -0.2) is 8.78 Å². The Kier molecular flexibility index (Phi) is 8.04. The quantitative estimate of drug-likeness (QED) is 0.583. The van der Waals surface area contributed by atoms with Crippen molar-refractivity contribution in [2.75, 3.05) is 31.1 Å². The number of likely N-dealkylation sites (tertiary alicyclic amines) is 1. The summed E-state index contributed by atoms with van der Waals surface area (Å²) in [6.45, 7) is 7.61. The third kappa shape index (κ3) is 5.79. The van der Waals surface area contributed by atoms with E-state index in [1.807, 2.05) is 6.92 Å². The zero-order valence-electron chi connectivity index (χ0n) is 19.4. The number of aliphatic hydroxyl groups is 1. The standard InChI is InChI=1S/C24H31F2N3O5/c1-4-15(2)16(3)27-21(31)19(30)20-23(33)29(13-14-34-20)18-7-5-17(6-8-18)22(32)28-11-9-24(25,26)10-12-28/h4-8,15-16,19-20,30H,1,9-14H2,2-3H3,(H,27,31)/t15?,16?,19-,20-/m1/s1. The summed E-state index contributed by atoms with van der Waals surface area (Å²) in [6.07, 6.45) is -2.09. The van der Waals surface area contributed by atoms with Crippen LogP contribution in [0.3, 0.4) is 0 Å². The van der Waals surface area contributed by atoms with Crippen LogP contribution < -0.4 is 10.2 Å². The lowest BCUT2D eigenvalue weighted by Crippen LogP contribution is -2.57. The first-order valence-corrected chi connectivity index (χ1v) is 11.3. The van der Waals surface area contributed by atoms with E-state index >= 15 is 0 Å². The number of morpholine rings is 1. The van der Waals surface area contributed by atoms with Crippen LogP contribution in [0, 0.1) is 5.92 Å². The van der Waals surface area contributed by atoms with Gasteiger partial charge in [0.15, 0.2) is 12.2 Å². The van der Waals surface area contributed by atoms with Gasteiger partial charge in [-0.15, -0.1) is 6.58 Å². The third-order valence-electron chi connectivity index (χ3n) is 6.42. The van der Waals surface area contributed by atoms with E-state index < -0.39 is 29.9 Å². The van der Waals surface area contributed by atoms with Crippen LogP contribution in [-0.4, -0.2) is 78.1 Å². The maximum Gasteiger partial charge on any atom is 0.259 e. The number of ether oxygens (including phenoxy) is 1. The van der Waals surface area contributed by atoms with Crippen molar-refractivity contribution in [2.45, 2.75) is 50.9 Å². The van der Waals surface area contributed by atoms with Crippen LogP contribution >= 0.6 is 0 Å². The minimum Gasteiger partial charge on any atom is -0.380 e. The number of nitrogens with zero attached hydrogens (tertiary/aromatic N) is 2. The minimum atomic E-state index is -2.74. The Hall–Kier alpha value is -2.85. The second-order valence-corrected chi connectivity index (χ2v) is 8.81. The lowest BCUT2D eigenvalue weighted by Gasteiger charge is -2.34. The van der Waals surface area contributed by atoms with E-state index in [-0.39, 0.29) is 56.9 Å². The Labute approximate surface area is 197 Å². The monoisotopic (exact) mass is 479 g/mol. The molecule has 0 spiro atoms. The number of carbonyl (C=O) groups is 3. The predicted octanol–water partition coefficient (Wildman–Crippen LogP) is 1.98. The van der Waals surface area contributed by atoms with Crippen LogP contribution in [0.15, 0.2) is 36.9 Å². The lowest BCUT2D eigenvalue weighted by atomic mass is 10.0. The predicted molar refractivity (Wildman–Crippen MR) is 122 cm³/mol. The van der Waals surface area contributed by atoms with Crippen molar-refractivity contribution in [3.05, 3.63) is 42.5 Å². The van der Waals surface area contributed by atoms with Gasteiger partial charge in [-0.1, -0.05) is 13.0 Å². The summed E-state index contributed by atoms with van der Waals surface area (Å²) in [5.74, 6) is -4.40. The Morgan fingerprint density at radius 2 is 1.82 bits per heavy atom. The largest absolute Gasteiger partial charge is 0.380 e. The molecule has 1 aromatic rings. The molecule has 4 atom stereocenters. The number of alkyl halides is 2. The molecule has 3 rings (SSSR count). The number of hydrogen-bond acceptors (Lipinski definition) is 5. The van der Waals surface area contributed by atoms with Gasteiger partial charge in [-0.3, -0.25) is 14.4 Å². The van der Waals surface area contributed by atoms with Crippen molar-refractivity contribution in [3.8, 4) is 0 Å². The summed E-state index contributed by atoms with van der Waals surface area (Å²) in [7, 11) is 0. The number of carbonyl (C=O) groups excluding carboxylic acids is 3. The summed E-state index contributed by atoms with van der Waals surface area (Å²) < 4.78 is 32.1. The fourth-order valence-electron chi connectivity index (χ4n) is 3.87. The first-order chi connectivity index (χ1) is 16.0. The van der Waals surface area contributed by atoms with Crippen molar-refractivity contribution in [1.82, 2.24) is 10.2 Å². The van der Waals surface area contributed by atoms with E-state index in [0.717, 1.165) is 0 Å². The van der Waals surface area contributed by atoms with Crippen molar-refractivity contribution < 1.29 is 33.0 Å². The Morgan fingerprint density at radius 1 is 1.21 bits per heavy atom. The lowest BCUT2D eigenvalue weighted by molar-refractivity contribution is -0.153. The normalized spacial score (nSPS) is 23.1. The molecule has 0 radical (unpaired) electrons. The molecule has 1 aromatic carbocycles. The van der Waals surface area contributed by atoms with E-state index in [1.54, 1.807) is 25.1 Å². The molecule has 3 amide bonds. The maximum atomic E-state index is 13.4. The van der Waals surface area contributed by atoms with E-state index in [9.17, 15) is 28.3 Å². The van der Waals surface area contributed by atoms with E-state index in [2.05, 4.69) is 11.9 Å². The van der Waals surface area contributed by atoms with E-state index in [1.165, 1.54) is 21.9 Å². The van der Waals surface area contributed by atoms with Gasteiger partial charge in [0.05, 0.1) is 6.61 Å². The van der Waals surface area contributed by atoms with Gasteiger partial charge in [0.25, 0.3) is 23.6 Å². The highest BCUT2D eigenvalue weighted by molar-refractivity contribution is 6.01. The molecule has 2 unspecified atom stereocenters. The number of hydrogen-bond donors (Lipinski definition) is 2. The van der Waals surface area contributed by atoms with Crippen molar-refractivity contribution in [1.29, 1.82) is 0 Å². The molecule has 2 aliphatic rings. The van der Waals surface area contributed by atoms with Crippen LogP contribution in [0.4, 0.5) is 14.5 Å². The summed E-state index contributed by atoms with van der Waals surface area (Å²) in [5, 5.41) is 13.1. The topological polar surface area (TPSA) is 99.2 Å². The average molecular weight is 480 g/mol. The number of aliphatic hydroxyl groups excluding tert-OH is 1. The van der Waals surface area contributed by atoms with Gasteiger partial charge in [-0.2, -0.15) is 0 Å². The molecule has 10 heteroatoms. The van der Waals surface area contributed by atoms with Gasteiger partial charge in [0.1, 0.15) is 0 Å². The Balaban J connectivity index is 1.64. The average Bonchev–Trinajstić information content (AvgIpc) is 2.82. The molecule has 8 nitrogen and oxygen atoms in total. The van der Waals surface area contributed by atoms with Crippen LogP contribution in [0.5, 0.6) is 0 Å². The van der Waals surface area contributed by atoms with Crippen molar-refractivity contribution in [2.24, 2.45) is 5.92 Å². The Bertz CT molecular complexity index is 914. The summed E-state index contributed by atoms with van der Waals surface area (Å²) in [5.41, 5.74) is 0.803. The van der Waals surface area contributed by atoms with Gasteiger partial charge in [-0.05, 0) is 37.1 Å². The second kappa shape index (κ2) is 10.6. The Morgan fingerprint density at radius 3 is 2.41 bits per heavy atom. The highest BCUT2D eigenvalue weighted by Gasteiger charge is 2.40. The molecule has 0 aromatic heterocycles. The third-order valence-corrected chi connectivity index (χ3v) is 6.42. The van der Waals surface area contributed by atoms with Gasteiger partial charge in [0, 0.05) is 49.8 Å². The van der Waals surface area contributed by atoms with Crippen LogP contribution in [0.25, 0.3) is 0 Å². The number of halogens is 2. The minimum absolute atomic E-state index is 0.0125.